The van der Waals surface area contributed by atoms with Crippen molar-refractivity contribution in [2.24, 2.45) is 4.99 Å². The van der Waals surface area contributed by atoms with E-state index in [-0.39, 0.29) is 0 Å². The van der Waals surface area contributed by atoms with E-state index in [1.165, 1.54) is 0 Å². The Bertz CT molecular complexity index is 1050. The maximum absolute atomic E-state index is 5.89. The summed E-state index contributed by atoms with van der Waals surface area (Å²) in [6.07, 6.45) is 2.89. The van der Waals surface area contributed by atoms with Gasteiger partial charge in [0.2, 0.25) is 17.5 Å². The van der Waals surface area contributed by atoms with Crippen LogP contribution in [0.1, 0.15) is 17.9 Å². The summed E-state index contributed by atoms with van der Waals surface area (Å²) in [5.74, 6) is 3.86. The van der Waals surface area contributed by atoms with Gasteiger partial charge in [-0.2, -0.15) is 16.7 Å². The summed E-state index contributed by atoms with van der Waals surface area (Å²) in [5.41, 5.74) is 3.60. The van der Waals surface area contributed by atoms with E-state index in [0.717, 1.165) is 34.7 Å². The molecule has 0 atom stereocenters. The lowest BCUT2D eigenvalue weighted by molar-refractivity contribution is 0.289. The van der Waals surface area contributed by atoms with Crippen molar-refractivity contribution in [2.75, 3.05) is 32.3 Å². The van der Waals surface area contributed by atoms with Crippen molar-refractivity contribution >= 4 is 23.2 Å². The number of hydrogen-bond donors (Lipinski definition) is 0. The van der Waals surface area contributed by atoms with E-state index in [1.54, 1.807) is 25.8 Å². The third kappa shape index (κ3) is 4.43. The fraction of sp³-hybridized carbons (Fsp3) is 0.318. The molecular weight excluding hydrogens is 402 g/mol. The van der Waals surface area contributed by atoms with Crippen molar-refractivity contribution < 1.29 is 18.7 Å². The van der Waals surface area contributed by atoms with Gasteiger partial charge in [0.15, 0.2) is 11.5 Å². The molecular formula is C22H23N3O4S. The normalized spacial score (nSPS) is 13.8. The maximum Gasteiger partial charge on any atom is 0.223 e. The lowest BCUT2D eigenvalue weighted by atomic mass is 10.1. The van der Waals surface area contributed by atoms with Crippen LogP contribution in [0.2, 0.25) is 0 Å². The summed E-state index contributed by atoms with van der Waals surface area (Å²) in [7, 11) is 1.64. The summed E-state index contributed by atoms with van der Waals surface area (Å²) >= 11 is 1.71. The van der Waals surface area contributed by atoms with E-state index in [0.29, 0.717) is 42.2 Å². The second kappa shape index (κ2) is 9.21. The monoisotopic (exact) mass is 425 g/mol. The molecule has 0 aliphatic carbocycles. The van der Waals surface area contributed by atoms with Gasteiger partial charge in [-0.1, -0.05) is 5.16 Å². The van der Waals surface area contributed by atoms with Gasteiger partial charge in [0.05, 0.1) is 31.7 Å². The number of fused-ring (bicyclic) bond motifs is 1. The molecule has 1 aliphatic heterocycles. The van der Waals surface area contributed by atoms with E-state index in [4.69, 9.17) is 23.7 Å². The number of aromatic nitrogens is 2. The van der Waals surface area contributed by atoms with Crippen molar-refractivity contribution in [3.8, 4) is 28.6 Å². The molecule has 1 aliphatic rings. The predicted octanol–water partition coefficient (Wildman–Crippen LogP) is 4.70. The van der Waals surface area contributed by atoms with Gasteiger partial charge in [-0.25, -0.2) is 0 Å². The van der Waals surface area contributed by atoms with Crippen molar-refractivity contribution in [3.63, 3.8) is 0 Å². The van der Waals surface area contributed by atoms with Crippen molar-refractivity contribution in [3.05, 3.63) is 47.9 Å². The van der Waals surface area contributed by atoms with Crippen molar-refractivity contribution in [1.29, 1.82) is 0 Å². The van der Waals surface area contributed by atoms with Crippen LogP contribution in [-0.4, -0.2) is 48.2 Å². The zero-order valence-corrected chi connectivity index (χ0v) is 18.0. The number of nitrogens with zero attached hydrogens (tertiary/aromatic N) is 3. The minimum absolute atomic E-state index is 0.540. The molecule has 156 valence electrons. The largest absolute Gasteiger partial charge is 0.493 e. The Morgan fingerprint density at radius 3 is 2.67 bits per heavy atom. The summed E-state index contributed by atoms with van der Waals surface area (Å²) in [4.78, 5) is 9.15. The number of methoxy groups -OCH3 is 1. The van der Waals surface area contributed by atoms with Gasteiger partial charge in [-0.3, -0.25) is 4.99 Å². The number of aryl methyl sites for hydroxylation is 1. The number of aliphatic imine (C=N–C) groups is 1. The highest BCUT2D eigenvalue weighted by Crippen LogP contribution is 2.40. The number of ether oxygens (including phenoxy) is 3. The first-order valence-corrected chi connectivity index (χ1v) is 11.0. The minimum Gasteiger partial charge on any atom is -0.493 e. The van der Waals surface area contributed by atoms with Gasteiger partial charge in [-0.05, 0) is 42.7 Å². The standard InChI is InChI=1S/C22H23N3O4S/c1-14-23-22(25-29-14)15-5-7-17(8-6-15)24-18(13-30-3)16-11-19(26-2)21-20(12-16)27-9-4-10-28-21/h5-8,11-12H,4,9-10,13H2,1-3H3. The Morgan fingerprint density at radius 1 is 1.17 bits per heavy atom. The lowest BCUT2D eigenvalue weighted by Gasteiger charge is -2.15. The van der Waals surface area contributed by atoms with E-state index < -0.39 is 0 Å². The molecule has 7 nitrogen and oxygen atoms in total. The summed E-state index contributed by atoms with van der Waals surface area (Å²) in [5, 5.41) is 3.96. The zero-order chi connectivity index (χ0) is 20.9. The third-order valence-electron chi connectivity index (χ3n) is 4.56. The van der Waals surface area contributed by atoms with E-state index in [1.807, 2.05) is 36.4 Å². The summed E-state index contributed by atoms with van der Waals surface area (Å²) < 4.78 is 22.3. The first-order valence-electron chi connectivity index (χ1n) is 9.63. The minimum atomic E-state index is 0.540. The average molecular weight is 426 g/mol. The second-order valence-electron chi connectivity index (χ2n) is 6.73. The van der Waals surface area contributed by atoms with Crippen LogP contribution in [0.3, 0.4) is 0 Å². The Balaban J connectivity index is 1.68. The highest BCUT2D eigenvalue weighted by atomic mass is 32.2. The molecule has 2 heterocycles. The zero-order valence-electron chi connectivity index (χ0n) is 17.2. The Kier molecular flexibility index (Phi) is 6.23. The van der Waals surface area contributed by atoms with E-state index >= 15 is 0 Å². The van der Waals surface area contributed by atoms with Crippen molar-refractivity contribution in [2.45, 2.75) is 13.3 Å². The first kappa shape index (κ1) is 20.3. The number of rotatable bonds is 6. The fourth-order valence-corrected chi connectivity index (χ4v) is 3.64. The number of thioether (sulfide) groups is 1. The van der Waals surface area contributed by atoms with Gasteiger partial charge in [0.25, 0.3) is 0 Å². The van der Waals surface area contributed by atoms with Gasteiger partial charge in [0, 0.05) is 30.2 Å². The quantitative estimate of drug-likeness (QED) is 0.530. The molecule has 2 aromatic carbocycles. The Morgan fingerprint density at radius 2 is 1.97 bits per heavy atom. The predicted molar refractivity (Wildman–Crippen MR) is 118 cm³/mol. The molecule has 1 aromatic heterocycles. The first-order chi connectivity index (χ1) is 14.7. The van der Waals surface area contributed by atoms with Gasteiger partial charge in [0.1, 0.15) is 0 Å². The number of benzene rings is 2. The summed E-state index contributed by atoms with van der Waals surface area (Å²) in [6, 6.07) is 11.7. The van der Waals surface area contributed by atoms with Gasteiger partial charge < -0.3 is 18.7 Å². The number of hydrogen-bond acceptors (Lipinski definition) is 8. The third-order valence-corrected chi connectivity index (χ3v) is 5.13. The molecule has 30 heavy (non-hydrogen) atoms. The van der Waals surface area contributed by atoms with Gasteiger partial charge in [-0.15, -0.1) is 0 Å². The molecule has 0 bridgehead atoms. The fourth-order valence-electron chi connectivity index (χ4n) is 3.13. The lowest BCUT2D eigenvalue weighted by Crippen LogP contribution is -2.06. The highest BCUT2D eigenvalue weighted by Gasteiger charge is 2.19. The van der Waals surface area contributed by atoms with Crippen LogP contribution in [0.25, 0.3) is 11.4 Å². The van der Waals surface area contributed by atoms with Crippen LogP contribution >= 0.6 is 11.8 Å². The van der Waals surface area contributed by atoms with Crippen LogP contribution < -0.4 is 14.2 Å². The Labute approximate surface area is 179 Å². The van der Waals surface area contributed by atoms with E-state index in [2.05, 4.69) is 16.4 Å². The average Bonchev–Trinajstić information content (AvgIpc) is 3.05. The van der Waals surface area contributed by atoms with Crippen LogP contribution in [0.5, 0.6) is 17.2 Å². The maximum atomic E-state index is 5.89. The molecule has 3 aromatic rings. The molecule has 0 N–H and O–H groups in total. The van der Waals surface area contributed by atoms with Gasteiger partial charge >= 0.3 is 0 Å². The van der Waals surface area contributed by atoms with Crippen molar-refractivity contribution in [1.82, 2.24) is 10.1 Å². The molecule has 0 spiro atoms. The molecule has 0 unspecified atom stereocenters. The van der Waals surface area contributed by atoms with Crippen LogP contribution in [0, 0.1) is 6.92 Å². The molecule has 8 heteroatoms. The van der Waals surface area contributed by atoms with Crippen LogP contribution in [-0.2, 0) is 0 Å². The molecule has 0 radical (unpaired) electrons. The molecule has 0 amide bonds. The molecule has 4 rings (SSSR count). The molecule has 0 fully saturated rings. The molecule has 0 saturated carbocycles. The highest BCUT2D eigenvalue weighted by molar-refractivity contribution is 7.99. The van der Waals surface area contributed by atoms with Crippen LogP contribution in [0.4, 0.5) is 5.69 Å². The summed E-state index contributed by atoms with van der Waals surface area (Å²) in [6.45, 7) is 3.00. The smallest absolute Gasteiger partial charge is 0.223 e. The second-order valence-corrected chi connectivity index (χ2v) is 7.60. The SMILES string of the molecule is COc1cc(C(CSC)=Nc2ccc(-c3noc(C)n3)cc2)cc2c1OCCCO2. The Hall–Kier alpha value is -3.00. The van der Waals surface area contributed by atoms with E-state index in [9.17, 15) is 0 Å². The topological polar surface area (TPSA) is 79.0 Å². The van der Waals surface area contributed by atoms with Crippen LogP contribution in [0.15, 0.2) is 45.9 Å². The molecule has 0 saturated heterocycles.